The highest BCUT2D eigenvalue weighted by atomic mass is 28.3. The largest absolute Gasteiger partial charge is 0.388 e. The molecule has 88 valence electrons. The third kappa shape index (κ3) is 5.28. The molecular formula is C14H22OSi. The van der Waals surface area contributed by atoms with E-state index in [0.717, 1.165) is 18.4 Å². The van der Waals surface area contributed by atoms with Crippen LogP contribution in [0.5, 0.6) is 0 Å². The van der Waals surface area contributed by atoms with Crippen molar-refractivity contribution in [3.8, 4) is 0 Å². The highest BCUT2D eigenvalue weighted by Crippen LogP contribution is 2.18. The summed E-state index contributed by atoms with van der Waals surface area (Å²) in [6.45, 7) is 6.95. The van der Waals surface area contributed by atoms with Crippen molar-refractivity contribution in [3.63, 3.8) is 0 Å². The van der Waals surface area contributed by atoms with Crippen LogP contribution in [0, 0.1) is 0 Å². The summed E-state index contributed by atoms with van der Waals surface area (Å²) in [4.78, 5) is 0. The fourth-order valence-corrected chi connectivity index (χ4v) is 2.41. The lowest BCUT2D eigenvalue weighted by molar-refractivity contribution is 0.169. The molecule has 0 fully saturated rings. The van der Waals surface area contributed by atoms with E-state index in [-0.39, 0.29) is 6.10 Å². The maximum Gasteiger partial charge on any atom is 0.0793 e. The predicted molar refractivity (Wildman–Crippen MR) is 73.1 cm³/mol. The first kappa shape index (κ1) is 13.2. The molecule has 1 nitrogen and oxygen atoms in total. The van der Waals surface area contributed by atoms with Crippen LogP contribution < -0.4 is 0 Å². The first-order valence-electron chi connectivity index (χ1n) is 5.90. The molecule has 0 amide bonds. The van der Waals surface area contributed by atoms with E-state index in [4.69, 9.17) is 0 Å². The highest BCUT2D eigenvalue weighted by Gasteiger charge is 2.08. The second-order valence-corrected chi connectivity index (χ2v) is 10.3. The zero-order chi connectivity index (χ0) is 12.0. The maximum atomic E-state index is 9.93. The Morgan fingerprint density at radius 1 is 1.19 bits per heavy atom. The molecule has 0 saturated carbocycles. The van der Waals surface area contributed by atoms with Crippen molar-refractivity contribution >= 4 is 8.07 Å². The van der Waals surface area contributed by atoms with E-state index in [0.29, 0.717) is 0 Å². The standard InChI is InChI=1S/C14H22OSi/c1-16(2,3)12-8-7-11-14(15)13-9-5-4-6-10-13/h4-6,8-10,12,14-15H,7,11H2,1-3H3/b12-8-. The van der Waals surface area contributed by atoms with Gasteiger partial charge in [0.25, 0.3) is 0 Å². The molecule has 1 atom stereocenters. The molecule has 2 heteroatoms. The minimum atomic E-state index is -1.07. The van der Waals surface area contributed by atoms with E-state index < -0.39 is 8.07 Å². The quantitative estimate of drug-likeness (QED) is 0.765. The summed E-state index contributed by atoms with van der Waals surface area (Å²) in [7, 11) is -1.07. The summed E-state index contributed by atoms with van der Waals surface area (Å²) in [6.07, 6.45) is 3.66. The molecule has 0 bridgehead atoms. The summed E-state index contributed by atoms with van der Waals surface area (Å²) >= 11 is 0. The monoisotopic (exact) mass is 234 g/mol. The lowest BCUT2D eigenvalue weighted by Crippen LogP contribution is -2.15. The molecular weight excluding hydrogens is 212 g/mol. The van der Waals surface area contributed by atoms with Gasteiger partial charge in [0.2, 0.25) is 0 Å². The molecule has 0 aromatic heterocycles. The molecule has 0 heterocycles. The average Bonchev–Trinajstić information content (AvgIpc) is 2.24. The zero-order valence-electron chi connectivity index (χ0n) is 10.5. The van der Waals surface area contributed by atoms with Crippen LogP contribution in [0.25, 0.3) is 0 Å². The van der Waals surface area contributed by atoms with Gasteiger partial charge in [-0.3, -0.25) is 0 Å². The van der Waals surface area contributed by atoms with Crippen molar-refractivity contribution in [2.24, 2.45) is 0 Å². The van der Waals surface area contributed by atoms with Crippen molar-refractivity contribution in [3.05, 3.63) is 47.7 Å². The Morgan fingerprint density at radius 3 is 2.38 bits per heavy atom. The van der Waals surface area contributed by atoms with E-state index >= 15 is 0 Å². The maximum absolute atomic E-state index is 9.93. The molecule has 1 N–H and O–H groups in total. The molecule has 0 spiro atoms. The molecule has 1 aromatic rings. The van der Waals surface area contributed by atoms with Gasteiger partial charge >= 0.3 is 0 Å². The Balaban J connectivity index is 2.37. The Kier molecular flexibility index (Phi) is 4.96. The number of aliphatic hydroxyl groups is 1. The van der Waals surface area contributed by atoms with Gasteiger partial charge in [0.1, 0.15) is 0 Å². The van der Waals surface area contributed by atoms with Crippen molar-refractivity contribution in [2.75, 3.05) is 0 Å². The van der Waals surface area contributed by atoms with Gasteiger partial charge in [-0.2, -0.15) is 0 Å². The molecule has 0 radical (unpaired) electrons. The minimum absolute atomic E-state index is 0.326. The van der Waals surface area contributed by atoms with E-state index in [1.807, 2.05) is 30.3 Å². The molecule has 0 saturated heterocycles. The Morgan fingerprint density at radius 2 is 1.81 bits per heavy atom. The van der Waals surface area contributed by atoms with Gasteiger partial charge in [0.05, 0.1) is 14.2 Å². The topological polar surface area (TPSA) is 20.2 Å². The zero-order valence-corrected chi connectivity index (χ0v) is 11.5. The molecule has 0 aliphatic carbocycles. The number of aliphatic hydroxyl groups excluding tert-OH is 1. The molecule has 1 rings (SSSR count). The van der Waals surface area contributed by atoms with Gasteiger partial charge in [-0.05, 0) is 18.4 Å². The van der Waals surface area contributed by atoms with Gasteiger partial charge < -0.3 is 5.11 Å². The fourth-order valence-electron chi connectivity index (χ4n) is 1.53. The Bertz CT molecular complexity index is 324. The van der Waals surface area contributed by atoms with Crippen LogP contribution in [0.3, 0.4) is 0 Å². The molecule has 16 heavy (non-hydrogen) atoms. The van der Waals surface area contributed by atoms with Crippen LogP contribution in [0.4, 0.5) is 0 Å². The molecule has 1 aromatic carbocycles. The van der Waals surface area contributed by atoms with E-state index in [1.54, 1.807) is 0 Å². The van der Waals surface area contributed by atoms with Gasteiger partial charge in [-0.25, -0.2) is 0 Å². The number of benzene rings is 1. The van der Waals surface area contributed by atoms with Crippen LogP contribution in [-0.2, 0) is 0 Å². The summed E-state index contributed by atoms with van der Waals surface area (Å²) in [5.74, 6) is 0. The van der Waals surface area contributed by atoms with E-state index in [2.05, 4.69) is 31.4 Å². The Labute approximate surface area is 99.8 Å². The van der Waals surface area contributed by atoms with Crippen LogP contribution in [0.15, 0.2) is 42.1 Å². The van der Waals surface area contributed by atoms with Crippen molar-refractivity contribution < 1.29 is 5.11 Å². The van der Waals surface area contributed by atoms with Gasteiger partial charge in [-0.1, -0.05) is 61.7 Å². The minimum Gasteiger partial charge on any atom is -0.388 e. The van der Waals surface area contributed by atoms with Crippen molar-refractivity contribution in [1.29, 1.82) is 0 Å². The van der Waals surface area contributed by atoms with Gasteiger partial charge in [-0.15, -0.1) is 0 Å². The normalized spacial score (nSPS) is 14.2. The second-order valence-electron chi connectivity index (χ2n) is 5.27. The van der Waals surface area contributed by atoms with Crippen molar-refractivity contribution in [1.82, 2.24) is 0 Å². The summed E-state index contributed by atoms with van der Waals surface area (Å²) in [5.41, 5.74) is 3.36. The summed E-state index contributed by atoms with van der Waals surface area (Å²) in [6, 6.07) is 9.87. The molecule has 1 unspecified atom stereocenters. The third-order valence-electron chi connectivity index (χ3n) is 2.41. The highest BCUT2D eigenvalue weighted by molar-refractivity contribution is 6.80. The SMILES string of the molecule is C[Si](C)(C)/C=C\CCC(O)c1ccccc1. The number of allylic oxidation sites excluding steroid dienone is 1. The molecule has 0 aliphatic rings. The van der Waals surface area contributed by atoms with Gasteiger partial charge in [0, 0.05) is 0 Å². The first-order valence-corrected chi connectivity index (χ1v) is 9.47. The second kappa shape index (κ2) is 6.02. The number of rotatable bonds is 5. The van der Waals surface area contributed by atoms with E-state index in [9.17, 15) is 5.11 Å². The summed E-state index contributed by atoms with van der Waals surface area (Å²) in [5, 5.41) is 9.93. The molecule has 0 aliphatic heterocycles. The number of hydrogen-bond acceptors (Lipinski definition) is 1. The van der Waals surface area contributed by atoms with Crippen LogP contribution in [0.1, 0.15) is 24.5 Å². The third-order valence-corrected chi connectivity index (χ3v) is 3.64. The average molecular weight is 234 g/mol. The number of hydrogen-bond donors (Lipinski definition) is 1. The van der Waals surface area contributed by atoms with Crippen LogP contribution in [0.2, 0.25) is 19.6 Å². The Hall–Kier alpha value is -0.863. The van der Waals surface area contributed by atoms with E-state index in [1.165, 1.54) is 0 Å². The van der Waals surface area contributed by atoms with Crippen molar-refractivity contribution in [2.45, 2.75) is 38.6 Å². The van der Waals surface area contributed by atoms with Gasteiger partial charge in [0.15, 0.2) is 0 Å². The predicted octanol–water partition coefficient (Wildman–Crippen LogP) is 3.93. The lowest BCUT2D eigenvalue weighted by atomic mass is 10.1. The summed E-state index contributed by atoms with van der Waals surface area (Å²) < 4.78 is 0. The smallest absolute Gasteiger partial charge is 0.0793 e. The van der Waals surface area contributed by atoms with Crippen LogP contribution in [-0.4, -0.2) is 13.2 Å². The fraction of sp³-hybridized carbons (Fsp3) is 0.429. The lowest BCUT2D eigenvalue weighted by Gasteiger charge is -2.10. The first-order chi connectivity index (χ1) is 7.49. The van der Waals surface area contributed by atoms with Crippen LogP contribution >= 0.6 is 0 Å².